The van der Waals surface area contributed by atoms with Crippen LogP contribution in [0.2, 0.25) is 0 Å². The van der Waals surface area contributed by atoms with Gasteiger partial charge in [0.05, 0.1) is 25.0 Å². The molecule has 5 heteroatoms. The van der Waals surface area contributed by atoms with Crippen LogP contribution >= 0.6 is 0 Å². The van der Waals surface area contributed by atoms with Gasteiger partial charge in [-0.05, 0) is 32.1 Å². The SMILES string of the molecule is CC1CCC2N(C1)CC(C)[NH+]2CC1CCCCC1[NH+]([O-])O. The Balaban J connectivity index is 1.65. The van der Waals surface area contributed by atoms with E-state index < -0.39 is 5.23 Å². The monoisotopic (exact) mass is 298 g/mol. The normalized spacial score (nSPS) is 46.3. The zero-order valence-electron chi connectivity index (χ0n) is 13.6. The van der Waals surface area contributed by atoms with Crippen LogP contribution in [0.15, 0.2) is 0 Å². The fourth-order valence-electron chi connectivity index (χ4n) is 5.08. The van der Waals surface area contributed by atoms with E-state index in [1.807, 2.05) is 0 Å². The van der Waals surface area contributed by atoms with Gasteiger partial charge in [-0.25, -0.2) is 15.3 Å². The minimum Gasteiger partial charge on any atom is -0.600 e. The standard InChI is InChI=1S/C16H31N3O2/c1-12-7-8-16-17(9-12)10-13(2)18(16)11-14-5-3-4-6-15(14)19(20)21/h12-16,19-20H,3-11H2,1-2H3/p+1. The molecule has 0 aromatic rings. The van der Waals surface area contributed by atoms with Gasteiger partial charge in [0.1, 0.15) is 12.2 Å². The molecule has 0 spiro atoms. The molecule has 0 bridgehead atoms. The largest absolute Gasteiger partial charge is 0.600 e. The maximum absolute atomic E-state index is 11.5. The third-order valence-corrected chi connectivity index (χ3v) is 6.21. The van der Waals surface area contributed by atoms with Crippen molar-refractivity contribution in [1.29, 1.82) is 0 Å². The quantitative estimate of drug-likeness (QED) is 0.625. The number of rotatable bonds is 3. The van der Waals surface area contributed by atoms with Crippen LogP contribution in [0.1, 0.15) is 52.4 Å². The first-order valence-electron chi connectivity index (χ1n) is 8.88. The van der Waals surface area contributed by atoms with Crippen LogP contribution in [0.3, 0.4) is 0 Å². The van der Waals surface area contributed by atoms with Crippen molar-refractivity contribution in [2.24, 2.45) is 11.8 Å². The molecule has 1 saturated carbocycles. The Morgan fingerprint density at radius 3 is 2.67 bits per heavy atom. The third-order valence-electron chi connectivity index (χ3n) is 6.21. The second-order valence-corrected chi connectivity index (χ2v) is 7.82. The van der Waals surface area contributed by atoms with Gasteiger partial charge in [0.2, 0.25) is 0 Å². The maximum Gasteiger partial charge on any atom is 0.144 e. The molecule has 2 heterocycles. The average molecular weight is 298 g/mol. The second kappa shape index (κ2) is 6.50. The molecule has 1 aliphatic carbocycles. The van der Waals surface area contributed by atoms with E-state index in [0.717, 1.165) is 31.7 Å². The van der Waals surface area contributed by atoms with Gasteiger partial charge in [-0.1, -0.05) is 13.3 Å². The van der Waals surface area contributed by atoms with E-state index >= 15 is 0 Å². The zero-order valence-corrected chi connectivity index (χ0v) is 13.6. The lowest BCUT2D eigenvalue weighted by Gasteiger charge is -2.39. The summed E-state index contributed by atoms with van der Waals surface area (Å²) in [5.74, 6) is 1.22. The molecular weight excluding hydrogens is 266 g/mol. The summed E-state index contributed by atoms with van der Waals surface area (Å²) in [5.41, 5.74) is 0. The minimum atomic E-state index is -0.555. The number of hydrogen-bond donors (Lipinski definition) is 3. The predicted molar refractivity (Wildman–Crippen MR) is 80.9 cm³/mol. The van der Waals surface area contributed by atoms with Crippen molar-refractivity contribution in [3.63, 3.8) is 0 Å². The van der Waals surface area contributed by atoms with E-state index in [4.69, 9.17) is 0 Å². The Bertz CT molecular complexity index is 352. The lowest BCUT2D eigenvalue weighted by Crippen LogP contribution is -3.19. The molecule has 0 radical (unpaired) electrons. The molecule has 7 unspecified atom stereocenters. The van der Waals surface area contributed by atoms with Crippen LogP contribution < -0.4 is 10.1 Å². The highest BCUT2D eigenvalue weighted by Gasteiger charge is 2.46. The topological polar surface area (TPSA) is 55.4 Å². The maximum atomic E-state index is 11.5. The van der Waals surface area contributed by atoms with Gasteiger partial charge in [-0.15, -0.1) is 0 Å². The first-order chi connectivity index (χ1) is 10.1. The molecular formula is C16H32N3O2+. The van der Waals surface area contributed by atoms with Gasteiger partial charge in [0, 0.05) is 19.4 Å². The van der Waals surface area contributed by atoms with E-state index in [1.54, 1.807) is 4.90 Å². The molecule has 5 nitrogen and oxygen atoms in total. The molecule has 0 aromatic carbocycles. The summed E-state index contributed by atoms with van der Waals surface area (Å²) in [6.07, 6.45) is 7.64. The fraction of sp³-hybridized carbons (Fsp3) is 1.00. The van der Waals surface area contributed by atoms with Crippen molar-refractivity contribution in [2.75, 3.05) is 19.6 Å². The first kappa shape index (κ1) is 15.7. The molecule has 2 aliphatic heterocycles. The highest BCUT2D eigenvalue weighted by molar-refractivity contribution is 4.82. The predicted octanol–water partition coefficient (Wildman–Crippen LogP) is -0.338. The van der Waals surface area contributed by atoms with Crippen LogP contribution in [0, 0.1) is 17.0 Å². The summed E-state index contributed by atoms with van der Waals surface area (Å²) in [5, 5.41) is 20.5. The highest BCUT2D eigenvalue weighted by Crippen LogP contribution is 2.24. The van der Waals surface area contributed by atoms with E-state index in [-0.39, 0.29) is 6.04 Å². The Hall–Kier alpha value is -0.200. The number of nitrogens with one attached hydrogen (secondary N) is 2. The fourth-order valence-corrected chi connectivity index (χ4v) is 5.08. The van der Waals surface area contributed by atoms with Gasteiger partial charge in [0.15, 0.2) is 0 Å². The Morgan fingerprint density at radius 2 is 1.90 bits per heavy atom. The van der Waals surface area contributed by atoms with Crippen molar-refractivity contribution >= 4 is 0 Å². The highest BCUT2D eigenvalue weighted by atomic mass is 16.8. The van der Waals surface area contributed by atoms with E-state index in [0.29, 0.717) is 18.1 Å². The van der Waals surface area contributed by atoms with Gasteiger partial charge < -0.3 is 10.1 Å². The Kier molecular flexibility index (Phi) is 4.86. The summed E-state index contributed by atoms with van der Waals surface area (Å²) in [6, 6.07) is 0.576. The van der Waals surface area contributed by atoms with Crippen LogP contribution in [-0.4, -0.2) is 48.0 Å². The Morgan fingerprint density at radius 1 is 1.14 bits per heavy atom. The summed E-state index contributed by atoms with van der Waals surface area (Å²) in [6.45, 7) is 8.24. The van der Waals surface area contributed by atoms with Gasteiger partial charge in [0.25, 0.3) is 0 Å². The summed E-state index contributed by atoms with van der Waals surface area (Å²) >= 11 is 0. The number of quaternary nitrogens is 2. The summed E-state index contributed by atoms with van der Waals surface area (Å²) in [7, 11) is 0. The molecule has 122 valence electrons. The van der Waals surface area contributed by atoms with Crippen molar-refractivity contribution in [3.05, 3.63) is 5.21 Å². The first-order valence-corrected chi connectivity index (χ1v) is 8.88. The number of piperidine rings is 1. The van der Waals surface area contributed by atoms with Crippen LogP contribution in [0.4, 0.5) is 0 Å². The molecule has 21 heavy (non-hydrogen) atoms. The van der Waals surface area contributed by atoms with Crippen molar-refractivity contribution in [1.82, 2.24) is 4.90 Å². The minimum absolute atomic E-state index is 0.0879. The lowest BCUT2D eigenvalue weighted by atomic mass is 9.84. The van der Waals surface area contributed by atoms with Gasteiger partial charge in [-0.3, -0.25) is 0 Å². The number of nitrogens with zero attached hydrogens (tertiary/aromatic N) is 1. The molecule has 0 aromatic heterocycles. The molecule has 3 aliphatic rings. The second-order valence-electron chi connectivity index (χ2n) is 7.82. The molecule has 7 atom stereocenters. The Labute approximate surface area is 128 Å². The molecule has 3 rings (SSSR count). The molecule has 0 amide bonds. The number of hydroxylamine groups is 2. The van der Waals surface area contributed by atoms with Crippen molar-refractivity contribution in [3.8, 4) is 0 Å². The van der Waals surface area contributed by atoms with E-state index in [1.165, 1.54) is 32.4 Å². The molecule has 2 saturated heterocycles. The zero-order chi connectivity index (χ0) is 15.0. The van der Waals surface area contributed by atoms with Crippen LogP contribution in [-0.2, 0) is 0 Å². The third kappa shape index (κ3) is 3.27. The van der Waals surface area contributed by atoms with Gasteiger partial charge in [-0.2, -0.15) is 0 Å². The smallest absolute Gasteiger partial charge is 0.144 e. The number of fused-ring (bicyclic) bond motifs is 1. The van der Waals surface area contributed by atoms with Crippen LogP contribution in [0.5, 0.6) is 0 Å². The number of hydrogen-bond acceptors (Lipinski definition) is 3. The van der Waals surface area contributed by atoms with Gasteiger partial charge >= 0.3 is 0 Å². The summed E-state index contributed by atoms with van der Waals surface area (Å²) < 4.78 is 0. The molecule has 3 fully saturated rings. The van der Waals surface area contributed by atoms with E-state index in [2.05, 4.69) is 18.7 Å². The average Bonchev–Trinajstić information content (AvgIpc) is 2.74. The lowest BCUT2D eigenvalue weighted by molar-refractivity contribution is -1.07. The summed E-state index contributed by atoms with van der Waals surface area (Å²) in [4.78, 5) is 4.35. The van der Waals surface area contributed by atoms with E-state index in [9.17, 15) is 10.4 Å². The van der Waals surface area contributed by atoms with Crippen molar-refractivity contribution in [2.45, 2.75) is 70.6 Å². The van der Waals surface area contributed by atoms with Crippen molar-refractivity contribution < 1.29 is 15.3 Å². The van der Waals surface area contributed by atoms with Crippen LogP contribution in [0.25, 0.3) is 0 Å². The molecule has 3 N–H and O–H groups in total.